The van der Waals surface area contributed by atoms with Crippen LogP contribution in [-0.4, -0.2) is 14.5 Å². The molecule has 5 heteroatoms. The third-order valence-corrected chi connectivity index (χ3v) is 3.73. The smallest absolute Gasteiger partial charge is 0.252 e. The molecule has 0 saturated heterocycles. The van der Waals surface area contributed by atoms with Crippen LogP contribution in [0.25, 0.3) is 11.0 Å². The summed E-state index contributed by atoms with van der Waals surface area (Å²) in [5, 5.41) is 4.02. The summed E-state index contributed by atoms with van der Waals surface area (Å²) in [7, 11) is 0. The summed E-state index contributed by atoms with van der Waals surface area (Å²) in [6.07, 6.45) is 2.61. The Bertz CT molecular complexity index is 842. The molecule has 0 radical (unpaired) electrons. The monoisotopic (exact) mass is 294 g/mol. The first kappa shape index (κ1) is 14.3. The normalized spacial score (nSPS) is 12.3. The Kier molecular flexibility index (Phi) is 3.87. The molecule has 1 atom stereocenters. The van der Waals surface area contributed by atoms with Gasteiger partial charge in [-0.15, -0.1) is 0 Å². The van der Waals surface area contributed by atoms with Gasteiger partial charge >= 0.3 is 0 Å². The molecule has 5 nitrogen and oxygen atoms in total. The van der Waals surface area contributed by atoms with E-state index in [1.165, 1.54) is 0 Å². The van der Waals surface area contributed by atoms with Crippen LogP contribution < -0.4 is 10.9 Å². The lowest BCUT2D eigenvalue weighted by Gasteiger charge is -2.15. The maximum absolute atomic E-state index is 12.2. The van der Waals surface area contributed by atoms with Crippen molar-refractivity contribution in [3.63, 3.8) is 0 Å². The van der Waals surface area contributed by atoms with Crippen LogP contribution >= 0.6 is 0 Å². The van der Waals surface area contributed by atoms with Crippen molar-refractivity contribution < 1.29 is 0 Å². The fraction of sp³-hybridized carbons (Fsp3) is 0.235. The van der Waals surface area contributed by atoms with Crippen LogP contribution in [0.2, 0.25) is 0 Å². The van der Waals surface area contributed by atoms with Crippen molar-refractivity contribution in [1.29, 1.82) is 0 Å². The van der Waals surface area contributed by atoms with Crippen LogP contribution in [0, 0.1) is 0 Å². The molecule has 3 rings (SSSR count). The predicted molar refractivity (Wildman–Crippen MR) is 88.5 cm³/mol. The molecule has 0 aliphatic carbocycles. The molecule has 0 saturated carbocycles. The van der Waals surface area contributed by atoms with E-state index in [1.807, 2.05) is 37.3 Å². The van der Waals surface area contributed by atoms with Crippen molar-refractivity contribution >= 4 is 22.7 Å². The second-order valence-electron chi connectivity index (χ2n) is 5.26. The molecule has 22 heavy (non-hydrogen) atoms. The number of nitrogens with zero attached hydrogens (tertiary/aromatic N) is 3. The highest BCUT2D eigenvalue weighted by molar-refractivity contribution is 5.75. The van der Waals surface area contributed by atoms with Gasteiger partial charge in [0.25, 0.3) is 5.56 Å². The van der Waals surface area contributed by atoms with E-state index in [9.17, 15) is 4.79 Å². The van der Waals surface area contributed by atoms with Gasteiger partial charge in [0.05, 0.1) is 0 Å². The zero-order chi connectivity index (χ0) is 15.5. The van der Waals surface area contributed by atoms with Gasteiger partial charge in [0.15, 0.2) is 0 Å². The third kappa shape index (κ3) is 2.70. The fourth-order valence-electron chi connectivity index (χ4n) is 2.36. The van der Waals surface area contributed by atoms with Crippen molar-refractivity contribution in [2.75, 3.05) is 5.32 Å². The Balaban J connectivity index is 2.10. The van der Waals surface area contributed by atoms with Crippen molar-refractivity contribution in [1.82, 2.24) is 14.5 Å². The molecule has 2 aromatic heterocycles. The maximum atomic E-state index is 12.2. The van der Waals surface area contributed by atoms with E-state index in [4.69, 9.17) is 0 Å². The number of fused-ring (bicyclic) bond motifs is 1. The van der Waals surface area contributed by atoms with Gasteiger partial charge in [0.2, 0.25) is 5.95 Å². The SMILES string of the molecule is CCC(C)n1c(=O)ccc2cnc(Nc3ccccc3)nc21. The molecule has 0 aliphatic rings. The number of nitrogens with one attached hydrogen (secondary N) is 1. The van der Waals surface area contributed by atoms with Crippen LogP contribution in [0.15, 0.2) is 53.5 Å². The molecule has 1 N–H and O–H groups in total. The van der Waals surface area contributed by atoms with Crippen molar-refractivity contribution in [3.05, 3.63) is 59.0 Å². The summed E-state index contributed by atoms with van der Waals surface area (Å²) in [4.78, 5) is 21.0. The second kappa shape index (κ2) is 5.97. The van der Waals surface area contributed by atoms with E-state index in [2.05, 4.69) is 22.2 Å². The highest BCUT2D eigenvalue weighted by Crippen LogP contribution is 2.18. The number of hydrogen-bond acceptors (Lipinski definition) is 4. The molecule has 0 aliphatic heterocycles. The van der Waals surface area contributed by atoms with Crippen LogP contribution in [0.5, 0.6) is 0 Å². The quantitative estimate of drug-likeness (QED) is 0.800. The average Bonchev–Trinajstić information content (AvgIpc) is 2.55. The lowest BCUT2D eigenvalue weighted by atomic mass is 10.2. The van der Waals surface area contributed by atoms with E-state index in [0.29, 0.717) is 11.6 Å². The molecule has 2 heterocycles. The summed E-state index contributed by atoms with van der Waals surface area (Å²) in [6.45, 7) is 4.08. The minimum Gasteiger partial charge on any atom is -0.324 e. The van der Waals surface area contributed by atoms with Gasteiger partial charge in [-0.1, -0.05) is 25.1 Å². The predicted octanol–water partition coefficient (Wildman–Crippen LogP) is 3.51. The van der Waals surface area contributed by atoms with Crippen LogP contribution in [-0.2, 0) is 0 Å². The number of pyridine rings is 1. The van der Waals surface area contributed by atoms with Crippen LogP contribution in [0.1, 0.15) is 26.3 Å². The first-order chi connectivity index (χ1) is 10.7. The lowest BCUT2D eigenvalue weighted by Crippen LogP contribution is -2.23. The minimum atomic E-state index is -0.0359. The van der Waals surface area contributed by atoms with Gasteiger partial charge in [-0.25, -0.2) is 4.98 Å². The van der Waals surface area contributed by atoms with Crippen LogP contribution in [0.4, 0.5) is 11.6 Å². The maximum Gasteiger partial charge on any atom is 0.252 e. The first-order valence-corrected chi connectivity index (χ1v) is 7.39. The standard InChI is InChI=1S/C17H18N4O/c1-3-12(2)21-15(22)10-9-13-11-18-17(20-16(13)21)19-14-7-5-4-6-8-14/h4-12H,3H2,1-2H3,(H,18,19,20). The Labute approximate surface area is 128 Å². The molecule has 112 valence electrons. The van der Waals surface area contributed by atoms with Crippen molar-refractivity contribution in [3.8, 4) is 0 Å². The zero-order valence-corrected chi connectivity index (χ0v) is 12.7. The molecule has 1 unspecified atom stereocenters. The van der Waals surface area contributed by atoms with Crippen LogP contribution in [0.3, 0.4) is 0 Å². The van der Waals surface area contributed by atoms with Gasteiger partial charge in [-0.2, -0.15) is 4.98 Å². The van der Waals surface area contributed by atoms with Gasteiger partial charge in [-0.05, 0) is 31.5 Å². The zero-order valence-electron chi connectivity index (χ0n) is 12.7. The Morgan fingerprint density at radius 1 is 1.18 bits per heavy atom. The molecule has 0 bridgehead atoms. The van der Waals surface area contributed by atoms with Crippen molar-refractivity contribution in [2.24, 2.45) is 0 Å². The van der Waals surface area contributed by atoms with Crippen molar-refractivity contribution in [2.45, 2.75) is 26.3 Å². The summed E-state index contributed by atoms with van der Waals surface area (Å²) in [6, 6.07) is 13.2. The third-order valence-electron chi connectivity index (χ3n) is 3.73. The number of benzene rings is 1. The van der Waals surface area contributed by atoms with E-state index in [-0.39, 0.29) is 11.6 Å². The van der Waals surface area contributed by atoms with E-state index in [1.54, 1.807) is 22.9 Å². The lowest BCUT2D eigenvalue weighted by molar-refractivity contribution is 0.528. The molecule has 0 spiro atoms. The topological polar surface area (TPSA) is 59.8 Å². The number of rotatable bonds is 4. The van der Waals surface area contributed by atoms with E-state index >= 15 is 0 Å². The van der Waals surface area contributed by atoms with Gasteiger partial charge in [-0.3, -0.25) is 9.36 Å². The van der Waals surface area contributed by atoms with Gasteiger partial charge < -0.3 is 5.32 Å². The van der Waals surface area contributed by atoms with E-state index in [0.717, 1.165) is 17.5 Å². The summed E-state index contributed by atoms with van der Waals surface area (Å²) < 4.78 is 1.73. The number of para-hydroxylation sites is 1. The Morgan fingerprint density at radius 3 is 2.68 bits per heavy atom. The molecule has 1 aromatic carbocycles. The number of aromatic nitrogens is 3. The molecular formula is C17H18N4O. The number of anilines is 2. The molecule has 0 fully saturated rings. The van der Waals surface area contributed by atoms with Gasteiger partial charge in [0.1, 0.15) is 5.65 Å². The largest absolute Gasteiger partial charge is 0.324 e. The van der Waals surface area contributed by atoms with Gasteiger partial charge in [0, 0.05) is 29.4 Å². The molecule has 3 aromatic rings. The first-order valence-electron chi connectivity index (χ1n) is 7.39. The fourth-order valence-corrected chi connectivity index (χ4v) is 2.36. The number of hydrogen-bond donors (Lipinski definition) is 1. The summed E-state index contributed by atoms with van der Waals surface area (Å²) in [5.74, 6) is 0.487. The molecule has 0 amide bonds. The summed E-state index contributed by atoms with van der Waals surface area (Å²) >= 11 is 0. The highest BCUT2D eigenvalue weighted by atomic mass is 16.1. The Morgan fingerprint density at radius 2 is 1.95 bits per heavy atom. The second-order valence-corrected chi connectivity index (χ2v) is 5.26. The molecular weight excluding hydrogens is 276 g/mol. The minimum absolute atomic E-state index is 0.0359. The average molecular weight is 294 g/mol. The Hall–Kier alpha value is -2.69. The van der Waals surface area contributed by atoms with E-state index < -0.39 is 0 Å². The highest BCUT2D eigenvalue weighted by Gasteiger charge is 2.11. The summed E-state index contributed by atoms with van der Waals surface area (Å²) in [5.41, 5.74) is 1.54.